The standard InChI is InChI=1S/C17H17FN2O/c18-16-8-7-14(12-19)15(11-16)13-20(9-4-10-21)17-5-2-1-3-6-17/h1-3,5-8,11,21H,4,9-10,13H2. The van der Waals surface area contributed by atoms with Gasteiger partial charge < -0.3 is 10.0 Å². The molecule has 2 rings (SSSR count). The van der Waals surface area contributed by atoms with Crippen LogP contribution in [0.5, 0.6) is 0 Å². The molecule has 0 atom stereocenters. The van der Waals surface area contributed by atoms with Crippen molar-refractivity contribution in [1.82, 2.24) is 0 Å². The van der Waals surface area contributed by atoms with Gasteiger partial charge in [-0.2, -0.15) is 5.26 Å². The van der Waals surface area contributed by atoms with Crippen molar-refractivity contribution in [2.45, 2.75) is 13.0 Å². The van der Waals surface area contributed by atoms with E-state index in [4.69, 9.17) is 10.4 Å². The van der Waals surface area contributed by atoms with E-state index < -0.39 is 0 Å². The van der Waals surface area contributed by atoms with Crippen molar-refractivity contribution in [2.24, 2.45) is 0 Å². The Balaban J connectivity index is 2.27. The highest BCUT2D eigenvalue weighted by Gasteiger charge is 2.11. The van der Waals surface area contributed by atoms with Gasteiger partial charge in [0.1, 0.15) is 5.82 Å². The van der Waals surface area contributed by atoms with Gasteiger partial charge in [0.05, 0.1) is 11.6 Å². The van der Waals surface area contributed by atoms with Gasteiger partial charge in [0.25, 0.3) is 0 Å². The maximum atomic E-state index is 13.4. The summed E-state index contributed by atoms with van der Waals surface area (Å²) in [6, 6.07) is 16.0. The molecule has 0 radical (unpaired) electrons. The van der Waals surface area contributed by atoms with Gasteiger partial charge in [-0.1, -0.05) is 18.2 Å². The number of aliphatic hydroxyl groups is 1. The summed E-state index contributed by atoms with van der Waals surface area (Å²) in [6.45, 7) is 1.17. The van der Waals surface area contributed by atoms with E-state index in [2.05, 4.69) is 6.07 Å². The van der Waals surface area contributed by atoms with Crippen LogP contribution < -0.4 is 4.90 Å². The van der Waals surface area contributed by atoms with Crippen molar-refractivity contribution >= 4 is 5.69 Å². The molecule has 0 heterocycles. The average molecular weight is 284 g/mol. The Labute approximate surface area is 123 Å². The van der Waals surface area contributed by atoms with E-state index in [1.54, 1.807) is 0 Å². The molecule has 0 fully saturated rings. The summed E-state index contributed by atoms with van der Waals surface area (Å²) in [4.78, 5) is 2.03. The Morgan fingerprint density at radius 2 is 1.90 bits per heavy atom. The van der Waals surface area contributed by atoms with Crippen molar-refractivity contribution < 1.29 is 9.50 Å². The number of rotatable bonds is 6. The second kappa shape index (κ2) is 7.41. The zero-order valence-corrected chi connectivity index (χ0v) is 11.7. The molecule has 4 heteroatoms. The first-order valence-corrected chi connectivity index (χ1v) is 6.84. The summed E-state index contributed by atoms with van der Waals surface area (Å²) in [5, 5.41) is 18.2. The van der Waals surface area contributed by atoms with Crippen LogP contribution in [0, 0.1) is 17.1 Å². The molecular weight excluding hydrogens is 267 g/mol. The Bertz CT molecular complexity index is 622. The van der Waals surface area contributed by atoms with Gasteiger partial charge in [0.15, 0.2) is 0 Å². The molecule has 0 aliphatic carbocycles. The lowest BCUT2D eigenvalue weighted by molar-refractivity contribution is 0.289. The van der Waals surface area contributed by atoms with Crippen molar-refractivity contribution in [3.05, 3.63) is 65.5 Å². The van der Waals surface area contributed by atoms with E-state index in [1.165, 1.54) is 18.2 Å². The molecule has 0 unspecified atom stereocenters. The molecule has 0 aromatic heterocycles. The van der Waals surface area contributed by atoms with Crippen LogP contribution in [0.2, 0.25) is 0 Å². The Kier molecular flexibility index (Phi) is 5.30. The minimum Gasteiger partial charge on any atom is -0.396 e. The smallest absolute Gasteiger partial charge is 0.123 e. The number of nitrogens with zero attached hydrogens (tertiary/aromatic N) is 2. The van der Waals surface area contributed by atoms with Crippen molar-refractivity contribution in [3.63, 3.8) is 0 Å². The second-order valence-electron chi connectivity index (χ2n) is 4.75. The van der Waals surface area contributed by atoms with Crippen LogP contribution in [-0.2, 0) is 6.54 Å². The molecule has 2 aromatic rings. The van der Waals surface area contributed by atoms with E-state index in [0.717, 1.165) is 5.69 Å². The average Bonchev–Trinajstić information content (AvgIpc) is 2.52. The number of anilines is 1. The van der Waals surface area contributed by atoms with Gasteiger partial charge in [-0.15, -0.1) is 0 Å². The first-order chi connectivity index (χ1) is 10.2. The van der Waals surface area contributed by atoms with E-state index in [0.29, 0.717) is 30.6 Å². The Morgan fingerprint density at radius 1 is 1.14 bits per heavy atom. The summed E-state index contributed by atoms with van der Waals surface area (Å²) >= 11 is 0. The van der Waals surface area contributed by atoms with E-state index >= 15 is 0 Å². The summed E-state index contributed by atoms with van der Waals surface area (Å²) in [5.41, 5.74) is 2.11. The fraction of sp³-hybridized carbons (Fsp3) is 0.235. The Morgan fingerprint density at radius 3 is 2.57 bits per heavy atom. The first-order valence-electron chi connectivity index (χ1n) is 6.84. The molecule has 0 aliphatic rings. The van der Waals surface area contributed by atoms with Crippen molar-refractivity contribution in [2.75, 3.05) is 18.1 Å². The highest BCUT2D eigenvalue weighted by atomic mass is 19.1. The lowest BCUT2D eigenvalue weighted by Gasteiger charge is -2.25. The quantitative estimate of drug-likeness (QED) is 0.886. The molecule has 21 heavy (non-hydrogen) atoms. The van der Waals surface area contributed by atoms with Crippen LogP contribution >= 0.6 is 0 Å². The normalized spacial score (nSPS) is 10.1. The van der Waals surface area contributed by atoms with Crippen molar-refractivity contribution in [3.8, 4) is 6.07 Å². The molecule has 3 nitrogen and oxygen atoms in total. The molecule has 108 valence electrons. The van der Waals surface area contributed by atoms with Crippen LogP contribution in [0.3, 0.4) is 0 Å². The van der Waals surface area contributed by atoms with Crippen LogP contribution in [-0.4, -0.2) is 18.3 Å². The predicted octanol–water partition coefficient (Wildman–Crippen LogP) is 3.09. The SMILES string of the molecule is N#Cc1ccc(F)cc1CN(CCCO)c1ccccc1. The van der Waals surface area contributed by atoms with Crippen LogP contribution in [0.15, 0.2) is 48.5 Å². The second-order valence-corrected chi connectivity index (χ2v) is 4.75. The first kappa shape index (κ1) is 15.0. The lowest BCUT2D eigenvalue weighted by Crippen LogP contribution is -2.25. The highest BCUT2D eigenvalue weighted by molar-refractivity contribution is 5.48. The highest BCUT2D eigenvalue weighted by Crippen LogP contribution is 2.19. The van der Waals surface area contributed by atoms with Gasteiger partial charge in [-0.05, 0) is 42.3 Å². The van der Waals surface area contributed by atoms with Crippen molar-refractivity contribution in [1.29, 1.82) is 5.26 Å². The van der Waals surface area contributed by atoms with E-state index in [1.807, 2.05) is 35.2 Å². The summed E-state index contributed by atoms with van der Waals surface area (Å²) < 4.78 is 13.4. The molecule has 0 saturated carbocycles. The molecule has 2 aromatic carbocycles. The number of aliphatic hydroxyl groups excluding tert-OH is 1. The van der Waals surface area contributed by atoms with Crippen LogP contribution in [0.25, 0.3) is 0 Å². The van der Waals surface area contributed by atoms with Gasteiger partial charge >= 0.3 is 0 Å². The largest absolute Gasteiger partial charge is 0.396 e. The van der Waals surface area contributed by atoms with E-state index in [9.17, 15) is 4.39 Å². The maximum absolute atomic E-state index is 13.4. The van der Waals surface area contributed by atoms with Gasteiger partial charge in [-0.25, -0.2) is 4.39 Å². The summed E-state index contributed by atoms with van der Waals surface area (Å²) in [7, 11) is 0. The lowest BCUT2D eigenvalue weighted by atomic mass is 10.1. The summed E-state index contributed by atoms with van der Waals surface area (Å²) in [6.07, 6.45) is 0.617. The molecular formula is C17H17FN2O. The number of para-hydroxylation sites is 1. The van der Waals surface area contributed by atoms with Gasteiger partial charge in [0, 0.05) is 25.4 Å². The molecule has 0 aliphatic heterocycles. The minimum absolute atomic E-state index is 0.0948. The van der Waals surface area contributed by atoms with E-state index in [-0.39, 0.29) is 12.4 Å². The third-order valence-electron chi connectivity index (χ3n) is 3.26. The molecule has 1 N–H and O–H groups in total. The third-order valence-corrected chi connectivity index (χ3v) is 3.26. The number of hydrogen-bond acceptors (Lipinski definition) is 3. The monoisotopic (exact) mass is 284 g/mol. The molecule has 0 amide bonds. The summed E-state index contributed by atoms with van der Waals surface area (Å²) in [5.74, 6) is -0.348. The number of halogens is 1. The zero-order valence-electron chi connectivity index (χ0n) is 11.7. The fourth-order valence-corrected chi connectivity index (χ4v) is 2.21. The Hall–Kier alpha value is -2.38. The molecule has 0 spiro atoms. The van der Waals surface area contributed by atoms with Gasteiger partial charge in [0.2, 0.25) is 0 Å². The van der Waals surface area contributed by atoms with Crippen LogP contribution in [0.1, 0.15) is 17.5 Å². The van der Waals surface area contributed by atoms with Gasteiger partial charge in [-0.3, -0.25) is 0 Å². The maximum Gasteiger partial charge on any atom is 0.123 e. The topological polar surface area (TPSA) is 47.3 Å². The minimum atomic E-state index is -0.348. The molecule has 0 saturated heterocycles. The number of nitriles is 1. The predicted molar refractivity (Wildman–Crippen MR) is 80.3 cm³/mol. The molecule has 0 bridgehead atoms. The fourth-order valence-electron chi connectivity index (χ4n) is 2.21. The van der Waals surface area contributed by atoms with Crippen LogP contribution in [0.4, 0.5) is 10.1 Å². The third kappa shape index (κ3) is 4.04. The number of hydrogen-bond donors (Lipinski definition) is 1. The number of benzene rings is 2. The zero-order chi connectivity index (χ0) is 15.1.